The molecule has 0 aliphatic rings. The van der Waals surface area contributed by atoms with E-state index in [9.17, 15) is 4.79 Å². The minimum Gasteiger partial charge on any atom is -0.478 e. The Morgan fingerprint density at radius 1 is 1.35 bits per heavy atom. The molecule has 0 spiro atoms. The maximum Gasteiger partial charge on any atom is 0.347 e. The number of methoxy groups -OCH3 is 1. The molecule has 1 rings (SSSR count). The van der Waals surface area contributed by atoms with E-state index in [-0.39, 0.29) is 11.9 Å². The quantitative estimate of drug-likeness (QED) is 0.776. The van der Waals surface area contributed by atoms with Crippen molar-refractivity contribution < 1.29 is 14.3 Å². The average molecular weight is 257 g/mol. The molecule has 0 radical (unpaired) electrons. The molecule has 1 aromatic rings. The topological polar surface area (TPSA) is 35.5 Å². The van der Waals surface area contributed by atoms with Gasteiger partial charge in [-0.2, -0.15) is 0 Å². The van der Waals surface area contributed by atoms with Crippen molar-refractivity contribution in [2.75, 3.05) is 7.11 Å². The molecule has 0 N–H and O–H groups in total. The second-order valence-electron chi connectivity index (χ2n) is 4.22. The molecule has 94 valence electrons. The Labute approximate surface area is 107 Å². The Morgan fingerprint density at radius 3 is 2.47 bits per heavy atom. The minimum absolute atomic E-state index is 0.0402. The highest BCUT2D eigenvalue weighted by Crippen LogP contribution is 2.23. The number of aryl methyl sites for hydroxylation is 1. The fourth-order valence-electron chi connectivity index (χ4n) is 1.41. The van der Waals surface area contributed by atoms with E-state index in [0.717, 1.165) is 5.56 Å². The highest BCUT2D eigenvalue weighted by atomic mass is 35.5. The zero-order valence-electron chi connectivity index (χ0n) is 10.5. The Bertz CT molecular complexity index is 402. The second kappa shape index (κ2) is 5.92. The Balaban J connectivity index is 2.86. The van der Waals surface area contributed by atoms with E-state index < -0.39 is 6.10 Å². The number of halogens is 1. The summed E-state index contributed by atoms with van der Waals surface area (Å²) in [6.07, 6.45) is -0.597. The Kier molecular flexibility index (Phi) is 4.82. The molecule has 0 heterocycles. The van der Waals surface area contributed by atoms with E-state index in [0.29, 0.717) is 10.8 Å². The van der Waals surface area contributed by atoms with Crippen molar-refractivity contribution in [3.63, 3.8) is 0 Å². The number of ether oxygens (including phenoxy) is 2. The number of hydrogen-bond acceptors (Lipinski definition) is 3. The zero-order chi connectivity index (χ0) is 13.0. The predicted molar refractivity (Wildman–Crippen MR) is 67.5 cm³/mol. The number of benzene rings is 1. The van der Waals surface area contributed by atoms with Crippen LogP contribution in [-0.4, -0.2) is 19.2 Å². The molecule has 0 aliphatic heterocycles. The number of rotatable bonds is 4. The van der Waals surface area contributed by atoms with Crippen molar-refractivity contribution in [3.05, 3.63) is 28.8 Å². The van der Waals surface area contributed by atoms with E-state index in [4.69, 9.17) is 21.1 Å². The number of carbonyl (C=O) groups excluding carboxylic acids is 1. The monoisotopic (exact) mass is 256 g/mol. The lowest BCUT2D eigenvalue weighted by atomic mass is 10.1. The van der Waals surface area contributed by atoms with Crippen LogP contribution in [0.2, 0.25) is 5.02 Å². The molecule has 0 aromatic heterocycles. The maximum absolute atomic E-state index is 11.5. The van der Waals surface area contributed by atoms with Gasteiger partial charge in [-0.15, -0.1) is 0 Å². The van der Waals surface area contributed by atoms with Gasteiger partial charge in [0, 0.05) is 10.9 Å². The first-order valence-corrected chi connectivity index (χ1v) is 5.84. The van der Waals surface area contributed by atoms with Crippen LogP contribution in [0, 0.1) is 12.8 Å². The van der Waals surface area contributed by atoms with Crippen LogP contribution in [0.15, 0.2) is 18.2 Å². The van der Waals surface area contributed by atoms with Crippen LogP contribution in [0.5, 0.6) is 5.75 Å². The van der Waals surface area contributed by atoms with E-state index >= 15 is 0 Å². The summed E-state index contributed by atoms with van der Waals surface area (Å²) in [7, 11) is 1.36. The van der Waals surface area contributed by atoms with E-state index in [1.54, 1.807) is 18.2 Å². The van der Waals surface area contributed by atoms with Crippen LogP contribution >= 0.6 is 11.6 Å². The van der Waals surface area contributed by atoms with E-state index in [1.807, 2.05) is 20.8 Å². The summed E-state index contributed by atoms with van der Waals surface area (Å²) in [6.45, 7) is 5.70. The first-order chi connectivity index (χ1) is 7.95. The fourth-order valence-corrected chi connectivity index (χ4v) is 1.53. The van der Waals surface area contributed by atoms with Crippen LogP contribution in [0.3, 0.4) is 0 Å². The van der Waals surface area contributed by atoms with Crippen LogP contribution in [0.1, 0.15) is 19.4 Å². The standard InChI is InChI=1S/C13H17ClO3/c1-8(2)12(13(15)16-4)17-10-5-6-11(14)9(3)7-10/h5-8,12H,1-4H3. The molecular formula is C13H17ClO3. The summed E-state index contributed by atoms with van der Waals surface area (Å²) in [5.74, 6) is 0.294. The van der Waals surface area contributed by atoms with Crippen molar-refractivity contribution >= 4 is 17.6 Å². The van der Waals surface area contributed by atoms with Gasteiger partial charge in [-0.05, 0) is 30.7 Å². The van der Waals surface area contributed by atoms with Crippen LogP contribution in [0.25, 0.3) is 0 Å². The molecule has 1 atom stereocenters. The van der Waals surface area contributed by atoms with Gasteiger partial charge in [0.15, 0.2) is 6.10 Å². The lowest BCUT2D eigenvalue weighted by molar-refractivity contribution is -0.150. The number of hydrogen-bond donors (Lipinski definition) is 0. The molecular weight excluding hydrogens is 240 g/mol. The lowest BCUT2D eigenvalue weighted by Gasteiger charge is -2.20. The third-order valence-electron chi connectivity index (χ3n) is 2.43. The van der Waals surface area contributed by atoms with Gasteiger partial charge in [-0.3, -0.25) is 0 Å². The third kappa shape index (κ3) is 3.63. The van der Waals surface area contributed by atoms with Crippen molar-refractivity contribution in [2.24, 2.45) is 5.92 Å². The SMILES string of the molecule is COC(=O)C(Oc1ccc(Cl)c(C)c1)C(C)C. The molecule has 0 fully saturated rings. The van der Waals surface area contributed by atoms with E-state index in [2.05, 4.69) is 0 Å². The second-order valence-corrected chi connectivity index (χ2v) is 4.62. The molecule has 0 aliphatic carbocycles. The normalized spacial score (nSPS) is 12.4. The average Bonchev–Trinajstić information content (AvgIpc) is 2.29. The van der Waals surface area contributed by atoms with Crippen LogP contribution in [0.4, 0.5) is 0 Å². The highest BCUT2D eigenvalue weighted by Gasteiger charge is 2.25. The summed E-state index contributed by atoms with van der Waals surface area (Å²) in [5.41, 5.74) is 0.913. The largest absolute Gasteiger partial charge is 0.478 e. The van der Waals surface area contributed by atoms with Crippen molar-refractivity contribution in [1.29, 1.82) is 0 Å². The van der Waals surface area contributed by atoms with Gasteiger partial charge in [-0.25, -0.2) is 4.79 Å². The van der Waals surface area contributed by atoms with Crippen molar-refractivity contribution in [1.82, 2.24) is 0 Å². The molecule has 17 heavy (non-hydrogen) atoms. The number of esters is 1. The zero-order valence-corrected chi connectivity index (χ0v) is 11.2. The van der Waals surface area contributed by atoms with Gasteiger partial charge >= 0.3 is 5.97 Å². The van der Waals surface area contributed by atoms with Crippen molar-refractivity contribution in [3.8, 4) is 5.75 Å². The smallest absolute Gasteiger partial charge is 0.347 e. The molecule has 0 saturated carbocycles. The fraction of sp³-hybridized carbons (Fsp3) is 0.462. The lowest BCUT2D eigenvalue weighted by Crippen LogP contribution is -2.33. The maximum atomic E-state index is 11.5. The molecule has 1 unspecified atom stereocenters. The predicted octanol–water partition coefficient (Wildman–Crippen LogP) is 3.22. The minimum atomic E-state index is -0.597. The summed E-state index contributed by atoms with van der Waals surface area (Å²) in [4.78, 5) is 11.5. The molecule has 4 heteroatoms. The molecule has 0 amide bonds. The van der Waals surface area contributed by atoms with Gasteiger partial charge in [0.2, 0.25) is 0 Å². The molecule has 0 saturated heterocycles. The molecule has 0 bridgehead atoms. The van der Waals surface area contributed by atoms with Gasteiger partial charge in [-0.1, -0.05) is 25.4 Å². The van der Waals surface area contributed by atoms with Gasteiger partial charge in [0.25, 0.3) is 0 Å². The summed E-state index contributed by atoms with van der Waals surface area (Å²) >= 11 is 5.92. The summed E-state index contributed by atoms with van der Waals surface area (Å²) in [6, 6.07) is 5.30. The first kappa shape index (κ1) is 13.8. The van der Waals surface area contributed by atoms with Crippen LogP contribution in [-0.2, 0) is 9.53 Å². The Hall–Kier alpha value is -1.22. The van der Waals surface area contributed by atoms with Crippen molar-refractivity contribution in [2.45, 2.75) is 26.9 Å². The highest BCUT2D eigenvalue weighted by molar-refractivity contribution is 6.31. The van der Waals surface area contributed by atoms with Gasteiger partial charge < -0.3 is 9.47 Å². The van der Waals surface area contributed by atoms with Gasteiger partial charge in [0.1, 0.15) is 5.75 Å². The van der Waals surface area contributed by atoms with Crippen LogP contribution < -0.4 is 4.74 Å². The molecule has 3 nitrogen and oxygen atoms in total. The Morgan fingerprint density at radius 2 is 2.00 bits per heavy atom. The molecule has 1 aromatic carbocycles. The summed E-state index contributed by atoms with van der Waals surface area (Å²) < 4.78 is 10.3. The van der Waals surface area contributed by atoms with Gasteiger partial charge in [0.05, 0.1) is 7.11 Å². The number of carbonyl (C=O) groups is 1. The summed E-state index contributed by atoms with van der Waals surface area (Å²) in [5, 5.41) is 0.677. The third-order valence-corrected chi connectivity index (χ3v) is 2.86. The first-order valence-electron chi connectivity index (χ1n) is 5.46. The van der Waals surface area contributed by atoms with E-state index in [1.165, 1.54) is 7.11 Å².